The molecule has 6 nitrogen and oxygen atoms in total. The van der Waals surface area contributed by atoms with E-state index in [4.69, 9.17) is 9.47 Å². The quantitative estimate of drug-likeness (QED) is 0.765. The van der Waals surface area contributed by atoms with Crippen molar-refractivity contribution in [3.05, 3.63) is 35.9 Å². The van der Waals surface area contributed by atoms with E-state index in [0.717, 1.165) is 5.56 Å². The van der Waals surface area contributed by atoms with Gasteiger partial charge < -0.3 is 19.9 Å². The minimum atomic E-state index is -1.29. The lowest BCUT2D eigenvalue weighted by atomic mass is 9.77. The first-order valence-electron chi connectivity index (χ1n) is 8.59. The number of carbonyl (C=O) groups is 2. The normalized spacial score (nSPS) is 18.2. The van der Waals surface area contributed by atoms with Crippen LogP contribution in [0.5, 0.6) is 0 Å². The van der Waals surface area contributed by atoms with Gasteiger partial charge in [-0.15, -0.1) is 0 Å². The van der Waals surface area contributed by atoms with Gasteiger partial charge in [-0.1, -0.05) is 30.3 Å². The van der Waals surface area contributed by atoms with Crippen LogP contribution in [0.4, 0.5) is 0 Å². The highest BCUT2D eigenvalue weighted by Gasteiger charge is 2.41. The Morgan fingerprint density at radius 3 is 2.40 bits per heavy atom. The van der Waals surface area contributed by atoms with Crippen LogP contribution in [0.15, 0.2) is 30.3 Å². The van der Waals surface area contributed by atoms with E-state index >= 15 is 0 Å². The maximum absolute atomic E-state index is 12.4. The molecule has 1 aromatic rings. The third kappa shape index (κ3) is 4.80. The van der Waals surface area contributed by atoms with Gasteiger partial charge in [-0.05, 0) is 38.2 Å². The predicted octanol–water partition coefficient (Wildman–Crippen LogP) is 1.76. The zero-order valence-electron chi connectivity index (χ0n) is 15.1. The summed E-state index contributed by atoms with van der Waals surface area (Å²) in [5.41, 5.74) is -1.74. The highest BCUT2D eigenvalue weighted by atomic mass is 16.6. The molecule has 1 amide bonds. The molecule has 0 aliphatic carbocycles. The number of amides is 1. The second kappa shape index (κ2) is 7.97. The minimum absolute atomic E-state index is 0.0270. The van der Waals surface area contributed by atoms with Crippen LogP contribution in [0.2, 0.25) is 0 Å². The van der Waals surface area contributed by atoms with Gasteiger partial charge in [0.15, 0.2) is 5.60 Å². The summed E-state index contributed by atoms with van der Waals surface area (Å²) in [5, 5.41) is 14.2. The summed E-state index contributed by atoms with van der Waals surface area (Å²) in [4.78, 5) is 23.6. The Morgan fingerprint density at radius 2 is 1.84 bits per heavy atom. The van der Waals surface area contributed by atoms with Gasteiger partial charge in [-0.3, -0.25) is 9.59 Å². The van der Waals surface area contributed by atoms with Gasteiger partial charge in [0.1, 0.15) is 5.60 Å². The first kappa shape index (κ1) is 19.4. The lowest BCUT2D eigenvalue weighted by Gasteiger charge is -2.39. The number of esters is 1. The van der Waals surface area contributed by atoms with Crippen molar-refractivity contribution in [2.75, 3.05) is 19.8 Å². The smallest absolute Gasteiger partial charge is 0.303 e. The van der Waals surface area contributed by atoms with Crippen molar-refractivity contribution in [2.24, 2.45) is 5.92 Å². The van der Waals surface area contributed by atoms with Gasteiger partial charge in [0.2, 0.25) is 0 Å². The molecule has 0 saturated carbocycles. The SMILES string of the molecule is CC(=O)OC(C)(C)C(=O)NCC(O)(c1ccccc1)C1CCOCC1. The largest absolute Gasteiger partial charge is 0.450 e. The van der Waals surface area contributed by atoms with E-state index in [0.29, 0.717) is 26.1 Å². The van der Waals surface area contributed by atoms with Crippen LogP contribution in [0.3, 0.4) is 0 Å². The predicted molar refractivity (Wildman–Crippen MR) is 92.7 cm³/mol. The molecule has 1 heterocycles. The number of rotatable bonds is 6. The average Bonchev–Trinajstić information content (AvgIpc) is 2.59. The fourth-order valence-corrected chi connectivity index (χ4v) is 3.22. The number of nitrogens with one attached hydrogen (secondary N) is 1. The van der Waals surface area contributed by atoms with Crippen LogP contribution in [-0.2, 0) is 24.7 Å². The molecule has 0 spiro atoms. The van der Waals surface area contributed by atoms with E-state index in [-0.39, 0.29) is 12.5 Å². The Kier molecular flexibility index (Phi) is 6.19. The maximum Gasteiger partial charge on any atom is 0.303 e. The standard InChI is InChI=1S/C19H27NO5/c1-14(21)25-18(2,3)17(22)20-13-19(23,15-7-5-4-6-8-15)16-9-11-24-12-10-16/h4-8,16,23H,9-13H2,1-3H3,(H,20,22). The second-order valence-corrected chi connectivity index (χ2v) is 6.96. The first-order chi connectivity index (χ1) is 11.8. The van der Waals surface area contributed by atoms with Gasteiger partial charge in [0.05, 0.1) is 6.54 Å². The van der Waals surface area contributed by atoms with E-state index in [1.807, 2.05) is 30.3 Å². The lowest BCUT2D eigenvalue weighted by molar-refractivity contribution is -0.163. The van der Waals surface area contributed by atoms with Gasteiger partial charge in [0.25, 0.3) is 5.91 Å². The molecule has 25 heavy (non-hydrogen) atoms. The molecule has 0 aromatic heterocycles. The van der Waals surface area contributed by atoms with Crippen LogP contribution >= 0.6 is 0 Å². The molecule has 2 rings (SSSR count). The summed E-state index contributed by atoms with van der Waals surface area (Å²) in [6, 6.07) is 9.34. The number of benzene rings is 1. The average molecular weight is 349 g/mol. The van der Waals surface area contributed by atoms with E-state index < -0.39 is 23.1 Å². The Bertz CT molecular complexity index is 595. The van der Waals surface area contributed by atoms with Crippen molar-refractivity contribution in [1.82, 2.24) is 5.32 Å². The van der Waals surface area contributed by atoms with Crippen molar-refractivity contribution in [1.29, 1.82) is 0 Å². The molecule has 0 bridgehead atoms. The fourth-order valence-electron chi connectivity index (χ4n) is 3.22. The zero-order chi connectivity index (χ0) is 18.5. The van der Waals surface area contributed by atoms with Crippen molar-refractivity contribution >= 4 is 11.9 Å². The number of hydrogen-bond acceptors (Lipinski definition) is 5. The fraction of sp³-hybridized carbons (Fsp3) is 0.579. The Balaban J connectivity index is 2.16. The Labute approximate surface area is 148 Å². The summed E-state index contributed by atoms with van der Waals surface area (Å²) in [7, 11) is 0. The van der Waals surface area contributed by atoms with Gasteiger partial charge in [-0.25, -0.2) is 0 Å². The maximum atomic E-state index is 12.4. The number of carbonyl (C=O) groups excluding carboxylic acids is 2. The van der Waals surface area contributed by atoms with Crippen LogP contribution in [0.1, 0.15) is 39.2 Å². The summed E-state index contributed by atoms with van der Waals surface area (Å²) in [6.45, 7) is 5.54. The van der Waals surface area contributed by atoms with Gasteiger partial charge >= 0.3 is 5.97 Å². The molecule has 1 atom stereocenters. The second-order valence-electron chi connectivity index (χ2n) is 6.96. The molecular formula is C19H27NO5. The molecule has 1 aliphatic heterocycles. The van der Waals surface area contributed by atoms with Crippen molar-refractivity contribution in [2.45, 2.75) is 44.8 Å². The van der Waals surface area contributed by atoms with Crippen molar-refractivity contribution < 1.29 is 24.2 Å². The van der Waals surface area contributed by atoms with Crippen LogP contribution in [0, 0.1) is 5.92 Å². The molecule has 1 saturated heterocycles. The first-order valence-corrected chi connectivity index (χ1v) is 8.59. The number of aliphatic hydroxyl groups is 1. The van der Waals surface area contributed by atoms with Crippen LogP contribution in [0.25, 0.3) is 0 Å². The molecule has 1 fully saturated rings. The number of hydrogen-bond donors (Lipinski definition) is 2. The van der Waals surface area contributed by atoms with Gasteiger partial charge in [0, 0.05) is 20.1 Å². The van der Waals surface area contributed by atoms with Crippen LogP contribution in [-0.4, -0.2) is 42.3 Å². The van der Waals surface area contributed by atoms with E-state index in [9.17, 15) is 14.7 Å². The summed E-state index contributed by atoms with van der Waals surface area (Å²) < 4.78 is 10.5. The Hall–Kier alpha value is -1.92. The third-order valence-corrected chi connectivity index (χ3v) is 4.63. The highest BCUT2D eigenvalue weighted by molar-refractivity contribution is 5.86. The molecule has 2 N–H and O–H groups in total. The lowest BCUT2D eigenvalue weighted by Crippen LogP contribution is -2.52. The number of ether oxygens (including phenoxy) is 2. The zero-order valence-corrected chi connectivity index (χ0v) is 15.1. The molecule has 1 aromatic carbocycles. The summed E-state index contributed by atoms with van der Waals surface area (Å²) >= 11 is 0. The topological polar surface area (TPSA) is 84.9 Å². The molecule has 1 unspecified atom stereocenters. The van der Waals surface area contributed by atoms with Crippen molar-refractivity contribution in [3.8, 4) is 0 Å². The molecule has 6 heteroatoms. The highest BCUT2D eigenvalue weighted by Crippen LogP contribution is 2.35. The summed E-state index contributed by atoms with van der Waals surface area (Å²) in [5.74, 6) is -0.993. The van der Waals surface area contributed by atoms with Crippen molar-refractivity contribution in [3.63, 3.8) is 0 Å². The van der Waals surface area contributed by atoms with E-state index in [1.165, 1.54) is 20.8 Å². The van der Waals surface area contributed by atoms with E-state index in [1.54, 1.807) is 0 Å². The molecular weight excluding hydrogens is 322 g/mol. The molecule has 138 valence electrons. The minimum Gasteiger partial charge on any atom is -0.450 e. The Morgan fingerprint density at radius 1 is 1.24 bits per heavy atom. The third-order valence-electron chi connectivity index (χ3n) is 4.63. The van der Waals surface area contributed by atoms with Crippen LogP contribution < -0.4 is 5.32 Å². The summed E-state index contributed by atoms with van der Waals surface area (Å²) in [6.07, 6.45) is 1.43. The molecule has 0 radical (unpaired) electrons. The van der Waals surface area contributed by atoms with Gasteiger partial charge in [-0.2, -0.15) is 0 Å². The monoisotopic (exact) mass is 349 g/mol. The van der Waals surface area contributed by atoms with E-state index in [2.05, 4.69) is 5.32 Å². The molecule has 1 aliphatic rings.